The maximum Gasteiger partial charge on any atom is 0.00669 e. The molecule has 0 unspecified atom stereocenters. The predicted octanol–water partition coefficient (Wildman–Crippen LogP) is 8.45. The molecule has 0 radical (unpaired) electrons. The lowest BCUT2D eigenvalue weighted by Gasteiger charge is -2.17. The van der Waals surface area contributed by atoms with E-state index in [4.69, 9.17) is 0 Å². The van der Waals surface area contributed by atoms with Crippen LogP contribution >= 0.6 is 12.4 Å². The Hall–Kier alpha value is 0.250. The summed E-state index contributed by atoms with van der Waals surface area (Å²) in [7, 11) is 0. The quantitative estimate of drug-likeness (QED) is 0.210. The molecule has 0 amide bonds. The highest BCUT2D eigenvalue weighted by Gasteiger charge is 2.06. The Labute approximate surface area is 166 Å². The molecule has 0 aliphatic heterocycles. The van der Waals surface area contributed by atoms with Crippen molar-refractivity contribution >= 4 is 12.4 Å². The van der Waals surface area contributed by atoms with E-state index < -0.39 is 0 Å². The lowest BCUT2D eigenvalue weighted by molar-refractivity contribution is 0.418. The maximum atomic E-state index is 3.72. The largest absolute Gasteiger partial charge is 0.314 e. The summed E-state index contributed by atoms with van der Waals surface area (Å²) in [6.07, 6.45) is 25.8. The van der Waals surface area contributed by atoms with Crippen molar-refractivity contribution in [1.29, 1.82) is 0 Å². The Bertz CT molecular complexity index is 200. The van der Waals surface area contributed by atoms with Crippen molar-refractivity contribution in [2.75, 3.05) is 6.54 Å². The van der Waals surface area contributed by atoms with E-state index in [-0.39, 0.29) is 12.4 Å². The standard InChI is InChI=1S/C23H49N.ClH/c1-4-7-9-11-13-15-17-19-21-23(24-6-3)22-20-18-16-14-12-10-8-5-2;/h23-24H,4-22H2,1-3H3;1H. The van der Waals surface area contributed by atoms with E-state index in [0.29, 0.717) is 0 Å². The summed E-state index contributed by atoms with van der Waals surface area (Å²) in [5.74, 6) is 0. The first-order chi connectivity index (χ1) is 11.8. The van der Waals surface area contributed by atoms with Crippen LogP contribution in [-0.4, -0.2) is 12.6 Å². The summed E-state index contributed by atoms with van der Waals surface area (Å²) in [4.78, 5) is 0. The molecule has 0 rings (SSSR count). The fraction of sp³-hybridized carbons (Fsp3) is 1.00. The van der Waals surface area contributed by atoms with Crippen LogP contribution in [0.1, 0.15) is 136 Å². The van der Waals surface area contributed by atoms with Gasteiger partial charge >= 0.3 is 0 Å². The van der Waals surface area contributed by atoms with Crippen LogP contribution in [0.25, 0.3) is 0 Å². The van der Waals surface area contributed by atoms with Gasteiger partial charge in [0.1, 0.15) is 0 Å². The minimum atomic E-state index is 0. The van der Waals surface area contributed by atoms with Crippen LogP contribution in [0.2, 0.25) is 0 Å². The maximum absolute atomic E-state index is 3.72. The monoisotopic (exact) mass is 375 g/mol. The SMILES string of the molecule is CCCCCCCCCCC(CCCCCCCCCC)NCC.Cl. The molecule has 0 fully saturated rings. The van der Waals surface area contributed by atoms with Crippen LogP contribution in [0.3, 0.4) is 0 Å². The summed E-state index contributed by atoms with van der Waals surface area (Å²) < 4.78 is 0. The van der Waals surface area contributed by atoms with Crippen LogP contribution in [0, 0.1) is 0 Å². The molecular formula is C23H50ClN. The molecule has 0 spiro atoms. The topological polar surface area (TPSA) is 12.0 Å². The Morgan fingerprint density at radius 3 is 1.12 bits per heavy atom. The van der Waals surface area contributed by atoms with Gasteiger partial charge in [-0.1, -0.05) is 124 Å². The zero-order valence-corrected chi connectivity index (χ0v) is 18.7. The normalized spacial score (nSPS) is 11.0. The van der Waals surface area contributed by atoms with Crippen LogP contribution in [0.15, 0.2) is 0 Å². The van der Waals surface area contributed by atoms with Gasteiger partial charge in [-0.25, -0.2) is 0 Å². The molecule has 0 aliphatic rings. The van der Waals surface area contributed by atoms with E-state index in [9.17, 15) is 0 Å². The van der Waals surface area contributed by atoms with E-state index in [0.717, 1.165) is 12.6 Å². The van der Waals surface area contributed by atoms with E-state index >= 15 is 0 Å². The molecule has 0 aromatic heterocycles. The van der Waals surface area contributed by atoms with E-state index in [1.54, 1.807) is 0 Å². The summed E-state index contributed by atoms with van der Waals surface area (Å²) in [6.45, 7) is 7.99. The van der Waals surface area contributed by atoms with E-state index in [1.165, 1.54) is 116 Å². The predicted molar refractivity (Wildman–Crippen MR) is 119 cm³/mol. The highest BCUT2D eigenvalue weighted by atomic mass is 35.5. The molecule has 1 N–H and O–H groups in total. The lowest BCUT2D eigenvalue weighted by atomic mass is 9.99. The van der Waals surface area contributed by atoms with Gasteiger partial charge in [-0.2, -0.15) is 0 Å². The molecule has 0 aromatic rings. The first-order valence-corrected chi connectivity index (χ1v) is 11.6. The van der Waals surface area contributed by atoms with Gasteiger partial charge in [0.25, 0.3) is 0 Å². The first-order valence-electron chi connectivity index (χ1n) is 11.6. The van der Waals surface area contributed by atoms with Crippen LogP contribution in [0.5, 0.6) is 0 Å². The van der Waals surface area contributed by atoms with Gasteiger partial charge in [0.05, 0.1) is 0 Å². The zero-order valence-electron chi connectivity index (χ0n) is 17.9. The van der Waals surface area contributed by atoms with Gasteiger partial charge in [0, 0.05) is 6.04 Å². The summed E-state index contributed by atoms with van der Waals surface area (Å²) in [6, 6.07) is 0.787. The Kier molecular flexibility index (Phi) is 26.6. The van der Waals surface area contributed by atoms with Crippen LogP contribution in [0.4, 0.5) is 0 Å². The third-order valence-corrected chi connectivity index (χ3v) is 5.31. The lowest BCUT2D eigenvalue weighted by Crippen LogP contribution is -2.28. The molecule has 2 heteroatoms. The minimum absolute atomic E-state index is 0. The molecule has 0 heterocycles. The van der Waals surface area contributed by atoms with Crippen LogP contribution in [-0.2, 0) is 0 Å². The molecule has 0 saturated carbocycles. The second-order valence-corrected chi connectivity index (χ2v) is 7.78. The third-order valence-electron chi connectivity index (χ3n) is 5.31. The number of hydrogen-bond donors (Lipinski definition) is 1. The zero-order chi connectivity index (χ0) is 17.7. The summed E-state index contributed by atoms with van der Waals surface area (Å²) >= 11 is 0. The third kappa shape index (κ3) is 22.2. The Balaban J connectivity index is 0. The Morgan fingerprint density at radius 2 is 0.800 bits per heavy atom. The molecule has 1 nitrogen and oxygen atoms in total. The molecule has 25 heavy (non-hydrogen) atoms. The van der Waals surface area contributed by atoms with E-state index in [2.05, 4.69) is 26.1 Å². The molecule has 154 valence electrons. The van der Waals surface area contributed by atoms with Gasteiger partial charge in [0.15, 0.2) is 0 Å². The van der Waals surface area contributed by atoms with Crippen molar-refractivity contribution in [3.05, 3.63) is 0 Å². The van der Waals surface area contributed by atoms with Crippen molar-refractivity contribution in [2.24, 2.45) is 0 Å². The Morgan fingerprint density at radius 1 is 0.480 bits per heavy atom. The highest BCUT2D eigenvalue weighted by molar-refractivity contribution is 5.85. The fourth-order valence-electron chi connectivity index (χ4n) is 3.69. The molecule has 0 aliphatic carbocycles. The van der Waals surface area contributed by atoms with Gasteiger partial charge in [-0.15, -0.1) is 12.4 Å². The van der Waals surface area contributed by atoms with E-state index in [1.807, 2.05) is 0 Å². The fourth-order valence-corrected chi connectivity index (χ4v) is 3.69. The van der Waals surface area contributed by atoms with Crippen molar-refractivity contribution in [3.8, 4) is 0 Å². The van der Waals surface area contributed by atoms with Crippen molar-refractivity contribution < 1.29 is 0 Å². The van der Waals surface area contributed by atoms with Crippen molar-refractivity contribution in [1.82, 2.24) is 5.32 Å². The average molecular weight is 376 g/mol. The average Bonchev–Trinajstić information content (AvgIpc) is 2.59. The van der Waals surface area contributed by atoms with Gasteiger partial charge < -0.3 is 5.32 Å². The summed E-state index contributed by atoms with van der Waals surface area (Å²) in [5, 5.41) is 3.72. The number of nitrogens with one attached hydrogen (secondary N) is 1. The summed E-state index contributed by atoms with van der Waals surface area (Å²) in [5.41, 5.74) is 0. The minimum Gasteiger partial charge on any atom is -0.314 e. The number of halogens is 1. The van der Waals surface area contributed by atoms with Gasteiger partial charge in [-0.05, 0) is 19.4 Å². The molecule has 0 aromatic carbocycles. The molecule has 0 atom stereocenters. The molecule has 0 bridgehead atoms. The second-order valence-electron chi connectivity index (χ2n) is 7.78. The number of rotatable bonds is 20. The van der Waals surface area contributed by atoms with Crippen LogP contribution < -0.4 is 5.32 Å². The molecular weight excluding hydrogens is 326 g/mol. The van der Waals surface area contributed by atoms with Crippen molar-refractivity contribution in [3.63, 3.8) is 0 Å². The highest BCUT2D eigenvalue weighted by Crippen LogP contribution is 2.15. The number of hydrogen-bond acceptors (Lipinski definition) is 1. The first kappa shape index (κ1) is 27.5. The molecule has 0 saturated heterocycles. The van der Waals surface area contributed by atoms with Gasteiger partial charge in [-0.3, -0.25) is 0 Å². The van der Waals surface area contributed by atoms with Crippen molar-refractivity contribution in [2.45, 2.75) is 142 Å². The number of unbranched alkanes of at least 4 members (excludes halogenated alkanes) is 14. The van der Waals surface area contributed by atoms with Gasteiger partial charge in [0.2, 0.25) is 0 Å². The second kappa shape index (κ2) is 24.2. The smallest absolute Gasteiger partial charge is 0.00669 e.